The minimum Gasteiger partial charge on any atom is -0.390 e. The standard InChI is InChI=1S/C13H15FN2O/c1-13(17)4-6-16(7-5-13)11-3-2-10(9-15)12(14)8-11/h2-3,8,17H,4-7H2,1H3. The van der Waals surface area contributed by atoms with E-state index in [0.717, 1.165) is 5.69 Å². The molecule has 0 aliphatic carbocycles. The summed E-state index contributed by atoms with van der Waals surface area (Å²) in [4.78, 5) is 2.03. The van der Waals surface area contributed by atoms with E-state index in [9.17, 15) is 9.50 Å². The Hall–Kier alpha value is -1.60. The zero-order chi connectivity index (χ0) is 12.5. The van der Waals surface area contributed by atoms with Crippen molar-refractivity contribution in [1.29, 1.82) is 5.26 Å². The molecule has 0 saturated carbocycles. The van der Waals surface area contributed by atoms with Gasteiger partial charge < -0.3 is 10.0 Å². The molecule has 1 aromatic carbocycles. The molecule has 0 atom stereocenters. The molecule has 1 N–H and O–H groups in total. The Kier molecular flexibility index (Phi) is 3.03. The van der Waals surface area contributed by atoms with Crippen molar-refractivity contribution in [2.45, 2.75) is 25.4 Å². The number of nitrogens with zero attached hydrogens (tertiary/aromatic N) is 2. The van der Waals surface area contributed by atoms with Crippen LogP contribution in [0.3, 0.4) is 0 Å². The van der Waals surface area contributed by atoms with Crippen LogP contribution in [0, 0.1) is 17.1 Å². The summed E-state index contributed by atoms with van der Waals surface area (Å²) in [7, 11) is 0. The number of hydrogen-bond donors (Lipinski definition) is 1. The minimum atomic E-state index is -0.609. The molecule has 17 heavy (non-hydrogen) atoms. The van der Waals surface area contributed by atoms with Crippen LogP contribution in [0.5, 0.6) is 0 Å². The van der Waals surface area contributed by atoms with Crippen LogP contribution < -0.4 is 4.90 Å². The number of piperidine rings is 1. The summed E-state index contributed by atoms with van der Waals surface area (Å²) in [6.45, 7) is 3.24. The van der Waals surface area contributed by atoms with Crippen LogP contribution in [0.15, 0.2) is 18.2 Å². The zero-order valence-corrected chi connectivity index (χ0v) is 9.78. The Morgan fingerprint density at radius 2 is 2.06 bits per heavy atom. The smallest absolute Gasteiger partial charge is 0.143 e. The molecule has 0 aromatic heterocycles. The number of nitriles is 1. The first-order valence-electron chi connectivity index (χ1n) is 5.69. The molecular weight excluding hydrogens is 219 g/mol. The highest BCUT2D eigenvalue weighted by Crippen LogP contribution is 2.26. The summed E-state index contributed by atoms with van der Waals surface area (Å²) in [6, 6.07) is 6.44. The minimum absolute atomic E-state index is 0.0674. The van der Waals surface area contributed by atoms with Crippen LogP contribution in [0.25, 0.3) is 0 Å². The Bertz CT molecular complexity index is 455. The van der Waals surface area contributed by atoms with Gasteiger partial charge in [0.15, 0.2) is 0 Å². The van der Waals surface area contributed by atoms with Gasteiger partial charge in [-0.15, -0.1) is 0 Å². The maximum absolute atomic E-state index is 13.5. The molecule has 1 aromatic rings. The lowest BCUT2D eigenvalue weighted by Crippen LogP contribution is -2.42. The summed E-state index contributed by atoms with van der Waals surface area (Å²) in [6.07, 6.45) is 1.35. The molecule has 0 unspecified atom stereocenters. The van der Waals surface area contributed by atoms with E-state index < -0.39 is 11.4 Å². The van der Waals surface area contributed by atoms with Gasteiger partial charge in [-0.1, -0.05) is 0 Å². The van der Waals surface area contributed by atoms with Crippen LogP contribution in [0.4, 0.5) is 10.1 Å². The van der Waals surface area contributed by atoms with Crippen LogP contribution in [0.1, 0.15) is 25.3 Å². The van der Waals surface area contributed by atoms with Crippen molar-refractivity contribution in [3.05, 3.63) is 29.6 Å². The zero-order valence-electron chi connectivity index (χ0n) is 9.78. The Morgan fingerprint density at radius 1 is 1.41 bits per heavy atom. The molecule has 0 amide bonds. The highest BCUT2D eigenvalue weighted by Gasteiger charge is 2.27. The molecule has 2 rings (SSSR count). The molecule has 90 valence electrons. The van der Waals surface area contributed by atoms with Gasteiger partial charge in [-0.25, -0.2) is 4.39 Å². The number of benzene rings is 1. The molecular formula is C13H15FN2O. The third-order valence-electron chi connectivity index (χ3n) is 3.28. The highest BCUT2D eigenvalue weighted by atomic mass is 19.1. The SMILES string of the molecule is CC1(O)CCN(c2ccc(C#N)c(F)c2)CC1. The number of anilines is 1. The quantitative estimate of drug-likeness (QED) is 0.809. The van der Waals surface area contributed by atoms with Crippen LogP contribution in [0.2, 0.25) is 0 Å². The van der Waals surface area contributed by atoms with Gasteiger partial charge in [-0.3, -0.25) is 0 Å². The Morgan fingerprint density at radius 3 is 2.59 bits per heavy atom. The van der Waals surface area contributed by atoms with Gasteiger partial charge in [0.05, 0.1) is 11.2 Å². The molecule has 0 spiro atoms. The lowest BCUT2D eigenvalue weighted by molar-refractivity contribution is 0.0351. The van der Waals surface area contributed by atoms with Crippen molar-refractivity contribution >= 4 is 5.69 Å². The monoisotopic (exact) mass is 234 g/mol. The summed E-state index contributed by atoms with van der Waals surface area (Å²) in [5.41, 5.74) is 0.233. The first-order chi connectivity index (χ1) is 8.02. The van der Waals surface area contributed by atoms with Crippen LogP contribution in [-0.2, 0) is 0 Å². The first kappa shape index (κ1) is 11.9. The van der Waals surface area contributed by atoms with E-state index in [1.54, 1.807) is 12.1 Å². The van der Waals surface area contributed by atoms with Crippen molar-refractivity contribution in [1.82, 2.24) is 0 Å². The molecule has 4 heteroatoms. The Balaban J connectivity index is 2.14. The van der Waals surface area contributed by atoms with E-state index in [0.29, 0.717) is 25.9 Å². The number of aliphatic hydroxyl groups is 1. The second-order valence-electron chi connectivity index (χ2n) is 4.76. The highest BCUT2D eigenvalue weighted by molar-refractivity contribution is 5.50. The van der Waals surface area contributed by atoms with Crippen molar-refractivity contribution in [2.75, 3.05) is 18.0 Å². The van der Waals surface area contributed by atoms with Crippen molar-refractivity contribution in [3.8, 4) is 6.07 Å². The molecule has 0 bridgehead atoms. The van der Waals surface area contributed by atoms with E-state index in [2.05, 4.69) is 0 Å². The molecule has 0 radical (unpaired) electrons. The predicted octanol–water partition coefficient (Wildman–Crippen LogP) is 2.05. The maximum atomic E-state index is 13.5. The van der Waals surface area contributed by atoms with Gasteiger partial charge in [0.25, 0.3) is 0 Å². The van der Waals surface area contributed by atoms with E-state index >= 15 is 0 Å². The van der Waals surface area contributed by atoms with Crippen LogP contribution in [-0.4, -0.2) is 23.8 Å². The average molecular weight is 234 g/mol. The topological polar surface area (TPSA) is 47.3 Å². The summed E-state index contributed by atoms with van der Waals surface area (Å²) in [5, 5.41) is 18.5. The normalized spacial score (nSPS) is 18.8. The Labute approximate surface area is 100 Å². The average Bonchev–Trinajstić information content (AvgIpc) is 2.29. The lowest BCUT2D eigenvalue weighted by atomic mass is 9.93. The molecule has 1 heterocycles. The second-order valence-corrected chi connectivity index (χ2v) is 4.76. The number of rotatable bonds is 1. The summed E-state index contributed by atoms with van der Waals surface area (Å²) >= 11 is 0. The fourth-order valence-corrected chi connectivity index (χ4v) is 2.04. The van der Waals surface area contributed by atoms with Crippen LogP contribution >= 0.6 is 0 Å². The fourth-order valence-electron chi connectivity index (χ4n) is 2.04. The van der Waals surface area contributed by atoms with Crippen molar-refractivity contribution in [2.24, 2.45) is 0 Å². The van der Waals surface area contributed by atoms with Gasteiger partial charge in [0.1, 0.15) is 11.9 Å². The number of hydrogen-bond acceptors (Lipinski definition) is 3. The first-order valence-corrected chi connectivity index (χ1v) is 5.69. The molecule has 1 saturated heterocycles. The van der Waals surface area contributed by atoms with Gasteiger partial charge in [-0.2, -0.15) is 5.26 Å². The van der Waals surface area contributed by atoms with Gasteiger partial charge in [0, 0.05) is 18.8 Å². The van der Waals surface area contributed by atoms with Gasteiger partial charge in [-0.05, 0) is 38.0 Å². The van der Waals surface area contributed by atoms with Crippen molar-refractivity contribution in [3.63, 3.8) is 0 Å². The van der Waals surface area contributed by atoms with E-state index in [-0.39, 0.29) is 5.56 Å². The lowest BCUT2D eigenvalue weighted by Gasteiger charge is -2.37. The third kappa shape index (κ3) is 2.56. The second kappa shape index (κ2) is 4.34. The largest absolute Gasteiger partial charge is 0.390 e. The number of halogens is 1. The van der Waals surface area contributed by atoms with E-state index in [4.69, 9.17) is 5.26 Å². The van der Waals surface area contributed by atoms with Gasteiger partial charge >= 0.3 is 0 Å². The van der Waals surface area contributed by atoms with E-state index in [1.165, 1.54) is 12.1 Å². The predicted molar refractivity (Wildman–Crippen MR) is 63.2 cm³/mol. The summed E-state index contributed by atoms with van der Waals surface area (Å²) < 4.78 is 13.5. The van der Waals surface area contributed by atoms with Gasteiger partial charge in [0.2, 0.25) is 0 Å². The van der Waals surface area contributed by atoms with E-state index in [1.807, 2.05) is 11.8 Å². The maximum Gasteiger partial charge on any atom is 0.143 e. The fraction of sp³-hybridized carbons (Fsp3) is 0.462. The molecule has 1 aliphatic rings. The molecule has 1 aliphatic heterocycles. The summed E-state index contributed by atoms with van der Waals surface area (Å²) in [5.74, 6) is -0.484. The molecule has 1 fully saturated rings. The molecule has 3 nitrogen and oxygen atoms in total. The van der Waals surface area contributed by atoms with Crippen molar-refractivity contribution < 1.29 is 9.50 Å². The third-order valence-corrected chi connectivity index (χ3v) is 3.28.